The highest BCUT2D eigenvalue weighted by Gasteiger charge is 2.38. The molecular weight excluding hydrogens is 260 g/mol. The Morgan fingerprint density at radius 3 is 2.50 bits per heavy atom. The average Bonchev–Trinajstić information content (AvgIpc) is 2.84. The standard InChI is InChI=1S/C14H26N2O4/c1-5-16(6-13(17)15-10(4)9(2)3)12-8-20-7-11(12)14(18)19/h9-12H,5-8H2,1-4H3,(H,15,17)(H,18,19). The van der Waals surface area contributed by atoms with E-state index in [0.29, 0.717) is 19.1 Å². The van der Waals surface area contributed by atoms with E-state index in [0.717, 1.165) is 0 Å². The monoisotopic (exact) mass is 286 g/mol. The van der Waals surface area contributed by atoms with Gasteiger partial charge < -0.3 is 15.2 Å². The molecule has 0 aliphatic carbocycles. The zero-order valence-corrected chi connectivity index (χ0v) is 12.8. The molecule has 1 aliphatic heterocycles. The van der Waals surface area contributed by atoms with Gasteiger partial charge in [-0.2, -0.15) is 0 Å². The minimum Gasteiger partial charge on any atom is -0.481 e. The molecule has 6 heteroatoms. The molecule has 2 N–H and O–H groups in total. The lowest BCUT2D eigenvalue weighted by atomic mass is 10.0. The van der Waals surface area contributed by atoms with Gasteiger partial charge in [-0.25, -0.2) is 0 Å². The number of hydrogen-bond acceptors (Lipinski definition) is 4. The maximum Gasteiger partial charge on any atom is 0.310 e. The lowest BCUT2D eigenvalue weighted by Gasteiger charge is -2.29. The molecule has 1 heterocycles. The number of hydrogen-bond donors (Lipinski definition) is 2. The fourth-order valence-electron chi connectivity index (χ4n) is 2.25. The van der Waals surface area contributed by atoms with Crippen LogP contribution in [0, 0.1) is 11.8 Å². The van der Waals surface area contributed by atoms with E-state index in [-0.39, 0.29) is 31.1 Å². The van der Waals surface area contributed by atoms with Gasteiger partial charge in [0.05, 0.1) is 25.7 Å². The van der Waals surface area contributed by atoms with Gasteiger partial charge in [-0.15, -0.1) is 0 Å². The van der Waals surface area contributed by atoms with Crippen LogP contribution in [-0.4, -0.2) is 60.3 Å². The SMILES string of the molecule is CCN(CC(=O)NC(C)C(C)C)C1COCC1C(=O)O. The van der Waals surface area contributed by atoms with Crippen LogP contribution in [0.15, 0.2) is 0 Å². The van der Waals surface area contributed by atoms with Crippen molar-refractivity contribution in [2.24, 2.45) is 11.8 Å². The van der Waals surface area contributed by atoms with Crippen LogP contribution in [0.2, 0.25) is 0 Å². The molecule has 0 aromatic rings. The van der Waals surface area contributed by atoms with Crippen molar-refractivity contribution in [1.82, 2.24) is 10.2 Å². The molecule has 116 valence electrons. The molecule has 1 saturated heterocycles. The van der Waals surface area contributed by atoms with Gasteiger partial charge in [0.25, 0.3) is 0 Å². The Hall–Kier alpha value is -1.14. The number of amides is 1. The van der Waals surface area contributed by atoms with Gasteiger partial charge in [-0.1, -0.05) is 20.8 Å². The summed E-state index contributed by atoms with van der Waals surface area (Å²) in [6.07, 6.45) is 0. The zero-order chi connectivity index (χ0) is 15.3. The fraction of sp³-hybridized carbons (Fsp3) is 0.857. The molecule has 1 aliphatic rings. The summed E-state index contributed by atoms with van der Waals surface area (Å²) >= 11 is 0. The summed E-state index contributed by atoms with van der Waals surface area (Å²) in [4.78, 5) is 25.1. The van der Waals surface area contributed by atoms with E-state index >= 15 is 0 Å². The molecule has 0 radical (unpaired) electrons. The topological polar surface area (TPSA) is 78.9 Å². The highest BCUT2D eigenvalue weighted by Crippen LogP contribution is 2.19. The van der Waals surface area contributed by atoms with Crippen molar-refractivity contribution in [3.05, 3.63) is 0 Å². The first-order valence-electron chi connectivity index (χ1n) is 7.20. The lowest BCUT2D eigenvalue weighted by molar-refractivity contribution is -0.143. The Balaban J connectivity index is 2.58. The van der Waals surface area contributed by atoms with E-state index in [1.54, 1.807) is 0 Å². The molecule has 0 aromatic heterocycles. The number of likely N-dealkylation sites (N-methyl/N-ethyl adjacent to an activating group) is 1. The minimum absolute atomic E-state index is 0.0657. The number of carboxylic acids is 1. The summed E-state index contributed by atoms with van der Waals surface area (Å²) in [5.41, 5.74) is 0. The largest absolute Gasteiger partial charge is 0.481 e. The highest BCUT2D eigenvalue weighted by molar-refractivity contribution is 5.78. The van der Waals surface area contributed by atoms with Crippen molar-refractivity contribution in [3.63, 3.8) is 0 Å². The molecule has 3 unspecified atom stereocenters. The summed E-state index contributed by atoms with van der Waals surface area (Å²) in [7, 11) is 0. The van der Waals surface area contributed by atoms with E-state index in [1.165, 1.54) is 0 Å². The van der Waals surface area contributed by atoms with E-state index in [4.69, 9.17) is 4.74 Å². The number of aliphatic carboxylic acids is 1. The minimum atomic E-state index is -0.859. The number of nitrogens with zero attached hydrogens (tertiary/aromatic N) is 1. The van der Waals surface area contributed by atoms with Crippen LogP contribution >= 0.6 is 0 Å². The van der Waals surface area contributed by atoms with Gasteiger partial charge in [-0.05, 0) is 19.4 Å². The van der Waals surface area contributed by atoms with Crippen LogP contribution in [0.3, 0.4) is 0 Å². The average molecular weight is 286 g/mol. The number of nitrogens with one attached hydrogen (secondary N) is 1. The molecule has 0 saturated carbocycles. The Morgan fingerprint density at radius 2 is 2.00 bits per heavy atom. The molecule has 0 bridgehead atoms. The van der Waals surface area contributed by atoms with Crippen LogP contribution in [0.1, 0.15) is 27.7 Å². The van der Waals surface area contributed by atoms with Crippen molar-refractivity contribution in [2.75, 3.05) is 26.3 Å². The number of ether oxygens (including phenoxy) is 1. The molecule has 0 aromatic carbocycles. The smallest absolute Gasteiger partial charge is 0.310 e. The summed E-state index contributed by atoms with van der Waals surface area (Å²) in [5.74, 6) is -1.10. The van der Waals surface area contributed by atoms with Crippen LogP contribution in [-0.2, 0) is 14.3 Å². The molecule has 3 atom stereocenters. The van der Waals surface area contributed by atoms with E-state index in [2.05, 4.69) is 5.32 Å². The van der Waals surface area contributed by atoms with Gasteiger partial charge in [0.15, 0.2) is 0 Å². The van der Waals surface area contributed by atoms with Gasteiger partial charge in [0.2, 0.25) is 5.91 Å². The van der Waals surface area contributed by atoms with Crippen LogP contribution in [0.25, 0.3) is 0 Å². The number of carbonyl (C=O) groups excluding carboxylic acids is 1. The Morgan fingerprint density at radius 1 is 1.35 bits per heavy atom. The first-order chi connectivity index (χ1) is 9.36. The Labute approximate surface area is 120 Å². The second kappa shape index (κ2) is 7.59. The second-order valence-corrected chi connectivity index (χ2v) is 5.71. The zero-order valence-electron chi connectivity index (χ0n) is 12.8. The fourth-order valence-corrected chi connectivity index (χ4v) is 2.25. The van der Waals surface area contributed by atoms with Crippen molar-refractivity contribution >= 4 is 11.9 Å². The summed E-state index contributed by atoms with van der Waals surface area (Å²) < 4.78 is 5.26. The Bertz CT molecular complexity index is 346. The predicted octanol–water partition coefficient (Wildman–Crippen LogP) is 0.569. The van der Waals surface area contributed by atoms with Gasteiger partial charge >= 0.3 is 5.97 Å². The molecule has 1 fully saturated rings. The lowest BCUT2D eigenvalue weighted by Crippen LogP contribution is -2.49. The van der Waals surface area contributed by atoms with Gasteiger partial charge in [-0.3, -0.25) is 14.5 Å². The molecule has 6 nitrogen and oxygen atoms in total. The predicted molar refractivity (Wildman–Crippen MR) is 75.4 cm³/mol. The molecule has 1 rings (SSSR count). The summed E-state index contributed by atoms with van der Waals surface area (Å²) in [5, 5.41) is 12.1. The van der Waals surface area contributed by atoms with Crippen LogP contribution < -0.4 is 5.32 Å². The molecule has 1 amide bonds. The quantitative estimate of drug-likeness (QED) is 0.715. The summed E-state index contributed by atoms with van der Waals surface area (Å²) in [6.45, 7) is 9.43. The van der Waals surface area contributed by atoms with Crippen molar-refractivity contribution in [1.29, 1.82) is 0 Å². The number of carboxylic acid groups (broad SMARTS) is 1. The third-order valence-corrected chi connectivity index (χ3v) is 3.98. The van der Waals surface area contributed by atoms with Crippen LogP contribution in [0.5, 0.6) is 0 Å². The van der Waals surface area contributed by atoms with Crippen LogP contribution in [0.4, 0.5) is 0 Å². The summed E-state index contributed by atoms with van der Waals surface area (Å²) in [6, 6.07) is -0.117. The van der Waals surface area contributed by atoms with E-state index < -0.39 is 11.9 Å². The van der Waals surface area contributed by atoms with E-state index in [1.807, 2.05) is 32.6 Å². The van der Waals surface area contributed by atoms with Gasteiger partial charge in [0, 0.05) is 12.1 Å². The third-order valence-electron chi connectivity index (χ3n) is 3.98. The molecule has 0 spiro atoms. The van der Waals surface area contributed by atoms with Gasteiger partial charge in [0.1, 0.15) is 0 Å². The molecule has 20 heavy (non-hydrogen) atoms. The normalized spacial score (nSPS) is 24.1. The maximum atomic E-state index is 12.0. The number of carbonyl (C=O) groups is 2. The van der Waals surface area contributed by atoms with E-state index in [9.17, 15) is 14.7 Å². The van der Waals surface area contributed by atoms with Crippen molar-refractivity contribution in [2.45, 2.75) is 39.8 Å². The van der Waals surface area contributed by atoms with Crippen molar-refractivity contribution in [3.8, 4) is 0 Å². The van der Waals surface area contributed by atoms with Crippen molar-refractivity contribution < 1.29 is 19.4 Å². The Kier molecular flexibility index (Phi) is 6.42. The number of rotatable bonds is 7. The highest BCUT2D eigenvalue weighted by atomic mass is 16.5. The third kappa shape index (κ3) is 4.45. The maximum absolute atomic E-state index is 12.0. The first-order valence-corrected chi connectivity index (χ1v) is 7.20. The molecular formula is C14H26N2O4. The second-order valence-electron chi connectivity index (χ2n) is 5.71. The first kappa shape index (κ1) is 16.9.